The number of hydrogen-bond donors (Lipinski definition) is 2. The molecule has 166 valence electrons. The predicted octanol–water partition coefficient (Wildman–Crippen LogP) is 2.16. The summed E-state index contributed by atoms with van der Waals surface area (Å²) >= 11 is 12.6. The van der Waals surface area contributed by atoms with E-state index in [1.54, 1.807) is 6.07 Å². The fraction of sp³-hybridized carbons (Fsp3) is 0.263. The van der Waals surface area contributed by atoms with Crippen LogP contribution in [-0.4, -0.2) is 38.0 Å². The molecule has 0 atom stereocenters. The Morgan fingerprint density at radius 1 is 1.12 bits per heavy atom. The van der Waals surface area contributed by atoms with Gasteiger partial charge in [-0.3, -0.25) is 14.6 Å². The topological polar surface area (TPSA) is 149 Å². The van der Waals surface area contributed by atoms with Gasteiger partial charge in [-0.05, 0) is 30.9 Å². The number of hydrogen-bond acceptors (Lipinski definition) is 8. The maximum absolute atomic E-state index is 12.2. The van der Waals surface area contributed by atoms with Gasteiger partial charge in [-0.15, -0.1) is 5.10 Å². The van der Waals surface area contributed by atoms with Gasteiger partial charge in [0.15, 0.2) is 5.75 Å². The zero-order chi connectivity index (χ0) is 23.0. The van der Waals surface area contributed by atoms with Crippen molar-refractivity contribution in [1.82, 2.24) is 25.0 Å². The highest BCUT2D eigenvalue weighted by molar-refractivity contribution is 6.37. The van der Waals surface area contributed by atoms with Gasteiger partial charge in [-0.25, -0.2) is 14.7 Å². The van der Waals surface area contributed by atoms with E-state index in [9.17, 15) is 19.2 Å². The second kappa shape index (κ2) is 8.60. The first-order chi connectivity index (χ1) is 15.3. The number of rotatable bonds is 5. The second-order valence-electron chi connectivity index (χ2n) is 6.97. The summed E-state index contributed by atoms with van der Waals surface area (Å²) in [4.78, 5) is 49.7. The second-order valence-corrected chi connectivity index (χ2v) is 7.78. The number of halogens is 2. The summed E-state index contributed by atoms with van der Waals surface area (Å²) in [7, 11) is 1.07. The number of carbonyl (C=O) groups excluding carboxylic acids is 1. The lowest BCUT2D eigenvalue weighted by Crippen LogP contribution is -2.36. The minimum absolute atomic E-state index is 0.00906. The summed E-state index contributed by atoms with van der Waals surface area (Å²) in [5.74, 6) is -0.750. The molecule has 2 N–H and O–H groups in total. The number of H-pyrrole nitrogens is 2. The monoisotopic (exact) mass is 479 g/mol. The maximum atomic E-state index is 12.2. The molecule has 1 aliphatic rings. The molecule has 1 saturated carbocycles. The molecule has 4 rings (SSSR count). The SMILES string of the molecule is COC(=O)c1nn(-c2cc(Cl)c(Oc3cc(C4CCC4)c(=O)[nH]n3)c(Cl)c2)c(=O)[nH]c1=O. The molecule has 0 saturated heterocycles. The molecule has 13 heteroatoms. The van der Waals surface area contributed by atoms with Gasteiger partial charge in [0, 0.05) is 11.6 Å². The standard InChI is InChI=1S/C19H15Cl2N5O6/c1-31-18(29)14-17(28)22-19(30)26(25-14)9-5-11(20)15(12(21)6-9)32-13-7-10(8-3-2-4-8)16(27)24-23-13/h5-8H,2-4H2,1H3,(H,24,27)(H,22,28,30). The lowest BCUT2D eigenvalue weighted by molar-refractivity contribution is 0.0589. The Morgan fingerprint density at radius 2 is 1.81 bits per heavy atom. The average Bonchev–Trinajstić information content (AvgIpc) is 2.71. The van der Waals surface area contributed by atoms with Gasteiger partial charge in [0.05, 0.1) is 22.8 Å². The molecular weight excluding hydrogens is 465 g/mol. The molecule has 2 heterocycles. The third kappa shape index (κ3) is 4.04. The number of nitrogens with one attached hydrogen (secondary N) is 2. The number of esters is 1. The molecule has 0 radical (unpaired) electrons. The highest BCUT2D eigenvalue weighted by Gasteiger charge is 2.24. The van der Waals surface area contributed by atoms with Gasteiger partial charge in [-0.2, -0.15) is 9.78 Å². The van der Waals surface area contributed by atoms with Crippen LogP contribution in [0.5, 0.6) is 11.6 Å². The van der Waals surface area contributed by atoms with Crippen LogP contribution in [0.3, 0.4) is 0 Å². The lowest BCUT2D eigenvalue weighted by Gasteiger charge is -2.24. The molecule has 1 aliphatic carbocycles. The van der Waals surface area contributed by atoms with Crippen molar-refractivity contribution in [3.8, 4) is 17.3 Å². The smallest absolute Gasteiger partial charge is 0.364 e. The van der Waals surface area contributed by atoms with Crippen molar-refractivity contribution in [2.24, 2.45) is 0 Å². The van der Waals surface area contributed by atoms with Crippen molar-refractivity contribution in [3.63, 3.8) is 0 Å². The number of ether oxygens (including phenoxy) is 2. The normalized spacial score (nSPS) is 13.5. The Bertz CT molecular complexity index is 1370. The first kappa shape index (κ1) is 21.8. The van der Waals surface area contributed by atoms with Crippen molar-refractivity contribution < 1.29 is 14.3 Å². The molecule has 2 aromatic heterocycles. The van der Waals surface area contributed by atoms with Crippen molar-refractivity contribution >= 4 is 29.2 Å². The van der Waals surface area contributed by atoms with Crippen LogP contribution < -0.4 is 21.5 Å². The van der Waals surface area contributed by atoms with Crippen molar-refractivity contribution in [1.29, 1.82) is 0 Å². The molecule has 1 fully saturated rings. The van der Waals surface area contributed by atoms with Crippen LogP contribution in [0.1, 0.15) is 41.2 Å². The molecule has 0 aliphatic heterocycles. The van der Waals surface area contributed by atoms with Gasteiger partial charge >= 0.3 is 11.7 Å². The average molecular weight is 480 g/mol. The van der Waals surface area contributed by atoms with E-state index in [0.29, 0.717) is 5.56 Å². The Hall–Kier alpha value is -3.44. The van der Waals surface area contributed by atoms with Gasteiger partial charge < -0.3 is 9.47 Å². The van der Waals surface area contributed by atoms with Gasteiger partial charge in [-0.1, -0.05) is 29.6 Å². The quantitative estimate of drug-likeness (QED) is 0.528. The van der Waals surface area contributed by atoms with Crippen molar-refractivity contribution in [2.75, 3.05) is 7.11 Å². The first-order valence-electron chi connectivity index (χ1n) is 9.37. The summed E-state index contributed by atoms with van der Waals surface area (Å²) in [6.07, 6.45) is 2.88. The van der Waals surface area contributed by atoms with Gasteiger partial charge in [0.25, 0.3) is 11.1 Å². The zero-order valence-electron chi connectivity index (χ0n) is 16.5. The summed E-state index contributed by atoms with van der Waals surface area (Å²) < 4.78 is 10.9. The molecule has 0 bridgehead atoms. The number of aromatic amines is 2. The molecule has 32 heavy (non-hydrogen) atoms. The van der Waals surface area contributed by atoms with Crippen LogP contribution in [0, 0.1) is 0 Å². The molecular formula is C19H15Cl2N5O6. The largest absolute Gasteiger partial charge is 0.464 e. The lowest BCUT2D eigenvalue weighted by atomic mass is 9.81. The van der Waals surface area contributed by atoms with E-state index in [4.69, 9.17) is 27.9 Å². The fourth-order valence-corrected chi connectivity index (χ4v) is 3.70. The van der Waals surface area contributed by atoms with Crippen LogP contribution in [-0.2, 0) is 4.74 Å². The van der Waals surface area contributed by atoms with Crippen LogP contribution >= 0.6 is 23.2 Å². The van der Waals surface area contributed by atoms with Gasteiger partial charge in [0.2, 0.25) is 11.6 Å². The third-order valence-electron chi connectivity index (χ3n) is 4.99. The minimum Gasteiger partial charge on any atom is -0.464 e. The fourth-order valence-electron chi connectivity index (χ4n) is 3.15. The summed E-state index contributed by atoms with van der Waals surface area (Å²) in [6, 6.07) is 4.14. The Kier molecular flexibility index (Phi) is 5.85. The van der Waals surface area contributed by atoms with Crippen molar-refractivity contribution in [3.05, 3.63) is 70.7 Å². The summed E-state index contributed by atoms with van der Waals surface area (Å²) in [5.41, 5.74) is -2.19. The summed E-state index contributed by atoms with van der Waals surface area (Å²) in [6.45, 7) is 0. The minimum atomic E-state index is -1.02. The van der Waals surface area contributed by atoms with E-state index in [-0.39, 0.29) is 38.8 Å². The first-order valence-corrected chi connectivity index (χ1v) is 10.1. The van der Waals surface area contributed by atoms with E-state index >= 15 is 0 Å². The van der Waals surface area contributed by atoms with Crippen LogP contribution in [0.15, 0.2) is 32.6 Å². The number of aromatic nitrogens is 5. The maximum Gasteiger partial charge on any atom is 0.364 e. The number of nitrogens with zero attached hydrogens (tertiary/aromatic N) is 3. The molecule has 1 aromatic carbocycles. The highest BCUT2D eigenvalue weighted by Crippen LogP contribution is 2.39. The Balaban J connectivity index is 1.71. The van der Waals surface area contributed by atoms with Crippen molar-refractivity contribution in [2.45, 2.75) is 25.2 Å². The van der Waals surface area contributed by atoms with E-state index in [2.05, 4.69) is 20.0 Å². The molecule has 0 amide bonds. The van der Waals surface area contributed by atoms with Gasteiger partial charge in [0.1, 0.15) is 0 Å². The number of carbonyl (C=O) groups is 1. The molecule has 0 unspecified atom stereocenters. The van der Waals surface area contributed by atoms with E-state index in [0.717, 1.165) is 31.1 Å². The molecule has 0 spiro atoms. The van der Waals surface area contributed by atoms with Crippen LogP contribution in [0.2, 0.25) is 10.0 Å². The van der Waals surface area contributed by atoms with E-state index in [1.165, 1.54) is 12.1 Å². The highest BCUT2D eigenvalue weighted by atomic mass is 35.5. The molecule has 11 nitrogen and oxygen atoms in total. The van der Waals surface area contributed by atoms with E-state index < -0.39 is 22.9 Å². The number of benzene rings is 1. The molecule has 3 aromatic rings. The Morgan fingerprint density at radius 3 is 2.41 bits per heavy atom. The third-order valence-corrected chi connectivity index (χ3v) is 5.56. The predicted molar refractivity (Wildman–Crippen MR) is 113 cm³/mol. The summed E-state index contributed by atoms with van der Waals surface area (Å²) in [5, 5.41) is 9.99. The number of methoxy groups -OCH3 is 1. The van der Waals surface area contributed by atoms with Crippen LogP contribution in [0.25, 0.3) is 5.69 Å². The van der Waals surface area contributed by atoms with Crippen LogP contribution in [0.4, 0.5) is 0 Å². The zero-order valence-corrected chi connectivity index (χ0v) is 18.0. The van der Waals surface area contributed by atoms with E-state index in [1.807, 2.05) is 4.98 Å². The Labute approximate surface area is 188 Å².